The Morgan fingerprint density at radius 2 is 1.94 bits per heavy atom. The minimum Gasteiger partial charge on any atom is -0.493 e. The van der Waals surface area contributed by atoms with Gasteiger partial charge in [0.25, 0.3) is 0 Å². The molecule has 0 spiro atoms. The van der Waals surface area contributed by atoms with Crippen molar-refractivity contribution in [3.63, 3.8) is 0 Å². The second-order valence-corrected chi connectivity index (χ2v) is 4.76. The monoisotopic (exact) mass is 269 g/mol. The maximum atomic E-state index is 5.91. The summed E-state index contributed by atoms with van der Waals surface area (Å²) >= 11 is 0. The van der Waals surface area contributed by atoms with Gasteiger partial charge in [0.2, 0.25) is 0 Å². The van der Waals surface area contributed by atoms with E-state index in [1.165, 1.54) is 24.8 Å². The Morgan fingerprint density at radius 1 is 1.22 bits per heavy atom. The molecule has 1 saturated heterocycles. The average molecular weight is 270 g/mol. The standard InChI is InChI=1S/C15H23NO.ClH/c1-2-3-12-17-15-7-5-4-6-14(15)13-8-10-16-11-9-13;/h4-7,13,16H,2-3,8-12H2,1H3;1H. The van der Waals surface area contributed by atoms with Crippen molar-refractivity contribution in [2.45, 2.75) is 38.5 Å². The van der Waals surface area contributed by atoms with Crippen LogP contribution in [-0.2, 0) is 0 Å². The largest absolute Gasteiger partial charge is 0.493 e. The van der Waals surface area contributed by atoms with Crippen molar-refractivity contribution < 1.29 is 4.74 Å². The average Bonchev–Trinajstić information content (AvgIpc) is 2.41. The van der Waals surface area contributed by atoms with Crippen molar-refractivity contribution in [2.75, 3.05) is 19.7 Å². The normalized spacial score (nSPS) is 16.1. The third kappa shape index (κ3) is 4.18. The van der Waals surface area contributed by atoms with E-state index in [-0.39, 0.29) is 12.4 Å². The molecule has 0 bridgehead atoms. The van der Waals surface area contributed by atoms with E-state index in [1.54, 1.807) is 0 Å². The molecule has 1 aliphatic heterocycles. The maximum Gasteiger partial charge on any atom is 0.122 e. The van der Waals surface area contributed by atoms with E-state index in [4.69, 9.17) is 4.74 Å². The highest BCUT2D eigenvalue weighted by Gasteiger charge is 2.18. The minimum absolute atomic E-state index is 0. The van der Waals surface area contributed by atoms with Crippen LogP contribution in [0.4, 0.5) is 0 Å². The van der Waals surface area contributed by atoms with Crippen molar-refractivity contribution in [1.29, 1.82) is 0 Å². The number of hydrogen-bond donors (Lipinski definition) is 1. The fourth-order valence-corrected chi connectivity index (χ4v) is 2.41. The Hall–Kier alpha value is -0.730. The fraction of sp³-hybridized carbons (Fsp3) is 0.600. The van der Waals surface area contributed by atoms with Crippen molar-refractivity contribution in [3.05, 3.63) is 29.8 Å². The van der Waals surface area contributed by atoms with Gasteiger partial charge >= 0.3 is 0 Å². The Balaban J connectivity index is 0.00000162. The molecule has 0 amide bonds. The van der Waals surface area contributed by atoms with E-state index in [2.05, 4.69) is 36.5 Å². The highest BCUT2D eigenvalue weighted by Crippen LogP contribution is 2.32. The molecule has 3 heteroatoms. The SMILES string of the molecule is CCCCOc1ccccc1C1CCNCC1.Cl. The number of halogens is 1. The van der Waals surface area contributed by atoms with Crippen LogP contribution in [0.1, 0.15) is 44.1 Å². The van der Waals surface area contributed by atoms with E-state index in [1.807, 2.05) is 0 Å². The minimum atomic E-state index is 0. The summed E-state index contributed by atoms with van der Waals surface area (Å²) in [6, 6.07) is 8.56. The van der Waals surface area contributed by atoms with E-state index >= 15 is 0 Å². The lowest BCUT2D eigenvalue weighted by molar-refractivity contribution is 0.301. The summed E-state index contributed by atoms with van der Waals surface area (Å²) in [5, 5.41) is 3.42. The number of benzene rings is 1. The van der Waals surface area contributed by atoms with E-state index in [0.717, 1.165) is 31.9 Å². The quantitative estimate of drug-likeness (QED) is 0.822. The van der Waals surface area contributed by atoms with Crippen LogP contribution < -0.4 is 10.1 Å². The van der Waals surface area contributed by atoms with Crippen LogP contribution in [0.5, 0.6) is 5.75 Å². The van der Waals surface area contributed by atoms with Gasteiger partial charge in [-0.1, -0.05) is 31.5 Å². The molecule has 1 aliphatic rings. The molecule has 0 aliphatic carbocycles. The smallest absolute Gasteiger partial charge is 0.122 e. The van der Waals surface area contributed by atoms with Crippen LogP contribution in [0.15, 0.2) is 24.3 Å². The molecule has 1 aromatic carbocycles. The zero-order chi connectivity index (χ0) is 11.9. The zero-order valence-corrected chi connectivity index (χ0v) is 12.0. The summed E-state index contributed by atoms with van der Waals surface area (Å²) in [7, 11) is 0. The van der Waals surface area contributed by atoms with Gasteiger partial charge in [-0.05, 0) is 49.9 Å². The second kappa shape index (κ2) is 8.39. The Bertz CT molecular complexity index is 337. The molecule has 1 heterocycles. The number of rotatable bonds is 5. The van der Waals surface area contributed by atoms with E-state index in [9.17, 15) is 0 Å². The van der Waals surface area contributed by atoms with Gasteiger partial charge in [-0.3, -0.25) is 0 Å². The lowest BCUT2D eigenvalue weighted by Crippen LogP contribution is -2.26. The Kier molecular flexibility index (Phi) is 7.14. The molecule has 2 nitrogen and oxygen atoms in total. The van der Waals surface area contributed by atoms with Crippen molar-refractivity contribution in [1.82, 2.24) is 5.32 Å². The van der Waals surface area contributed by atoms with E-state index in [0.29, 0.717) is 5.92 Å². The molecule has 0 atom stereocenters. The predicted octanol–water partition coefficient (Wildman–Crippen LogP) is 3.75. The van der Waals surface area contributed by atoms with Gasteiger partial charge in [0.05, 0.1) is 6.61 Å². The summed E-state index contributed by atoms with van der Waals surface area (Å²) in [4.78, 5) is 0. The second-order valence-electron chi connectivity index (χ2n) is 4.76. The van der Waals surface area contributed by atoms with Gasteiger partial charge in [0.1, 0.15) is 5.75 Å². The molecular formula is C15H24ClNO. The first-order chi connectivity index (χ1) is 8.42. The summed E-state index contributed by atoms with van der Waals surface area (Å²) in [5.41, 5.74) is 1.41. The fourth-order valence-electron chi connectivity index (χ4n) is 2.41. The zero-order valence-electron chi connectivity index (χ0n) is 11.2. The first kappa shape index (κ1) is 15.3. The molecule has 102 valence electrons. The van der Waals surface area contributed by atoms with Gasteiger partial charge in [-0.25, -0.2) is 0 Å². The lowest BCUT2D eigenvalue weighted by Gasteiger charge is -2.24. The predicted molar refractivity (Wildman–Crippen MR) is 78.9 cm³/mol. The molecule has 0 radical (unpaired) electrons. The summed E-state index contributed by atoms with van der Waals surface area (Å²) < 4.78 is 5.91. The number of hydrogen-bond acceptors (Lipinski definition) is 2. The molecule has 0 unspecified atom stereocenters. The first-order valence-corrected chi connectivity index (χ1v) is 6.84. The van der Waals surface area contributed by atoms with Gasteiger partial charge < -0.3 is 10.1 Å². The number of piperidine rings is 1. The first-order valence-electron chi connectivity index (χ1n) is 6.84. The molecule has 1 N–H and O–H groups in total. The van der Waals surface area contributed by atoms with Gasteiger partial charge in [0.15, 0.2) is 0 Å². The summed E-state index contributed by atoms with van der Waals surface area (Å²) in [6.45, 7) is 5.31. The third-order valence-electron chi connectivity index (χ3n) is 3.45. The van der Waals surface area contributed by atoms with Crippen LogP contribution in [-0.4, -0.2) is 19.7 Å². The third-order valence-corrected chi connectivity index (χ3v) is 3.45. The van der Waals surface area contributed by atoms with Crippen LogP contribution >= 0.6 is 12.4 Å². The molecule has 1 fully saturated rings. The number of para-hydroxylation sites is 1. The van der Waals surface area contributed by atoms with Crippen LogP contribution in [0.2, 0.25) is 0 Å². The Labute approximate surface area is 117 Å². The topological polar surface area (TPSA) is 21.3 Å². The van der Waals surface area contributed by atoms with E-state index < -0.39 is 0 Å². The highest BCUT2D eigenvalue weighted by molar-refractivity contribution is 5.85. The Morgan fingerprint density at radius 3 is 2.67 bits per heavy atom. The number of ether oxygens (including phenoxy) is 1. The molecular weight excluding hydrogens is 246 g/mol. The lowest BCUT2D eigenvalue weighted by atomic mass is 9.89. The van der Waals surface area contributed by atoms with Crippen molar-refractivity contribution in [3.8, 4) is 5.75 Å². The van der Waals surface area contributed by atoms with Crippen molar-refractivity contribution in [2.24, 2.45) is 0 Å². The maximum absolute atomic E-state index is 5.91. The molecule has 0 aromatic heterocycles. The van der Waals surface area contributed by atoms with Gasteiger partial charge in [-0.2, -0.15) is 0 Å². The number of nitrogens with one attached hydrogen (secondary N) is 1. The summed E-state index contributed by atoms with van der Waals surface area (Å²) in [5.74, 6) is 1.78. The van der Waals surface area contributed by atoms with Gasteiger partial charge in [0, 0.05) is 0 Å². The summed E-state index contributed by atoms with van der Waals surface area (Å²) in [6.07, 6.45) is 4.79. The molecule has 1 aromatic rings. The molecule has 0 saturated carbocycles. The molecule has 2 rings (SSSR count). The number of unbranched alkanes of at least 4 members (excludes halogenated alkanes) is 1. The van der Waals surface area contributed by atoms with Crippen LogP contribution in [0.25, 0.3) is 0 Å². The van der Waals surface area contributed by atoms with Crippen LogP contribution in [0.3, 0.4) is 0 Å². The van der Waals surface area contributed by atoms with Gasteiger partial charge in [-0.15, -0.1) is 12.4 Å². The van der Waals surface area contributed by atoms with Crippen molar-refractivity contribution >= 4 is 12.4 Å². The molecule has 18 heavy (non-hydrogen) atoms. The highest BCUT2D eigenvalue weighted by atomic mass is 35.5. The van der Waals surface area contributed by atoms with Crippen LogP contribution in [0, 0.1) is 0 Å².